The zero-order valence-corrected chi connectivity index (χ0v) is 15.9. The Kier molecular flexibility index (Phi) is 4.86. The maximum Gasteiger partial charge on any atom is 0.257 e. The number of nitrogens with zero attached hydrogens (tertiary/aromatic N) is 1. The van der Waals surface area contributed by atoms with Crippen LogP contribution in [0.3, 0.4) is 0 Å². The van der Waals surface area contributed by atoms with Crippen LogP contribution in [0.15, 0.2) is 46.9 Å². The Bertz CT molecular complexity index is 978. The van der Waals surface area contributed by atoms with Crippen molar-refractivity contribution in [2.45, 2.75) is 6.42 Å². The van der Waals surface area contributed by atoms with E-state index in [-0.39, 0.29) is 28.4 Å². The summed E-state index contributed by atoms with van der Waals surface area (Å²) in [6.07, 6.45) is -0.0788. The second kappa shape index (κ2) is 6.78. The van der Waals surface area contributed by atoms with Gasteiger partial charge in [-0.2, -0.15) is 0 Å². The lowest BCUT2D eigenvalue weighted by Gasteiger charge is -2.16. The topological polar surface area (TPSA) is 83.6 Å². The lowest BCUT2D eigenvalue weighted by atomic mass is 10.1. The van der Waals surface area contributed by atoms with Crippen molar-refractivity contribution < 1.29 is 18.0 Å². The molecule has 0 atom stereocenters. The van der Waals surface area contributed by atoms with Gasteiger partial charge in [0.05, 0.1) is 22.0 Å². The number of benzene rings is 2. The van der Waals surface area contributed by atoms with Crippen LogP contribution in [0.5, 0.6) is 0 Å². The third-order valence-electron chi connectivity index (χ3n) is 3.59. The number of anilines is 2. The van der Waals surface area contributed by atoms with Gasteiger partial charge in [0.25, 0.3) is 5.91 Å². The molecule has 1 saturated heterocycles. The smallest absolute Gasteiger partial charge is 0.257 e. The molecule has 2 amide bonds. The summed E-state index contributed by atoms with van der Waals surface area (Å²) in [6, 6.07) is 11.1. The predicted octanol–water partition coefficient (Wildman–Crippen LogP) is 3.42. The van der Waals surface area contributed by atoms with Gasteiger partial charge in [-0.3, -0.25) is 9.59 Å². The molecular weight excluding hydrogens is 432 g/mol. The van der Waals surface area contributed by atoms with Crippen LogP contribution in [0.2, 0.25) is 5.02 Å². The summed E-state index contributed by atoms with van der Waals surface area (Å²) < 4.78 is 25.6. The molecule has 0 unspecified atom stereocenters. The van der Waals surface area contributed by atoms with Crippen LogP contribution in [0.4, 0.5) is 11.4 Å². The van der Waals surface area contributed by atoms with Crippen molar-refractivity contribution in [3.8, 4) is 0 Å². The summed E-state index contributed by atoms with van der Waals surface area (Å²) in [5.74, 6) is -1.27. The largest absolute Gasteiger partial charge is 0.322 e. The van der Waals surface area contributed by atoms with Crippen LogP contribution < -0.4 is 9.62 Å². The summed E-state index contributed by atoms with van der Waals surface area (Å²) in [6.45, 7) is 0. The van der Waals surface area contributed by atoms with Crippen molar-refractivity contribution in [2.75, 3.05) is 15.4 Å². The Hall–Kier alpha value is -1.90. The molecule has 2 aromatic carbocycles. The Morgan fingerprint density at radius 3 is 2.60 bits per heavy atom. The van der Waals surface area contributed by atoms with E-state index in [2.05, 4.69) is 21.2 Å². The number of nitrogens with one attached hydrogen (secondary N) is 1. The first-order valence-corrected chi connectivity index (χ1v) is 9.98. The van der Waals surface area contributed by atoms with Crippen molar-refractivity contribution in [3.63, 3.8) is 0 Å². The van der Waals surface area contributed by atoms with Crippen molar-refractivity contribution in [3.05, 3.63) is 57.5 Å². The van der Waals surface area contributed by atoms with Crippen LogP contribution in [0, 0.1) is 0 Å². The van der Waals surface area contributed by atoms with E-state index in [1.54, 1.807) is 18.2 Å². The van der Waals surface area contributed by atoms with Gasteiger partial charge in [0, 0.05) is 16.6 Å². The molecule has 6 nitrogen and oxygen atoms in total. The highest BCUT2D eigenvalue weighted by molar-refractivity contribution is 9.10. The zero-order valence-electron chi connectivity index (χ0n) is 12.7. The molecule has 3 rings (SSSR count). The maximum absolute atomic E-state index is 12.5. The van der Waals surface area contributed by atoms with Crippen molar-refractivity contribution >= 4 is 60.7 Å². The minimum atomic E-state index is -3.71. The fourth-order valence-corrected chi connectivity index (χ4v) is 4.50. The summed E-state index contributed by atoms with van der Waals surface area (Å²) >= 11 is 9.39. The molecule has 1 fully saturated rings. The van der Waals surface area contributed by atoms with E-state index in [1.807, 2.05) is 6.07 Å². The molecule has 0 bridgehead atoms. The van der Waals surface area contributed by atoms with Gasteiger partial charge in [-0.1, -0.05) is 33.6 Å². The van der Waals surface area contributed by atoms with Crippen LogP contribution in [-0.4, -0.2) is 26.0 Å². The van der Waals surface area contributed by atoms with Gasteiger partial charge in [-0.25, -0.2) is 12.7 Å². The quantitative estimate of drug-likeness (QED) is 0.788. The van der Waals surface area contributed by atoms with E-state index in [4.69, 9.17) is 11.6 Å². The minimum Gasteiger partial charge on any atom is -0.322 e. The first-order valence-electron chi connectivity index (χ1n) is 7.20. The number of hydrogen-bond donors (Lipinski definition) is 1. The van der Waals surface area contributed by atoms with Gasteiger partial charge < -0.3 is 5.32 Å². The fraction of sp³-hybridized carbons (Fsp3) is 0.125. The van der Waals surface area contributed by atoms with E-state index in [0.717, 1.165) is 8.78 Å². The maximum atomic E-state index is 12.5. The van der Waals surface area contributed by atoms with Crippen molar-refractivity contribution in [2.24, 2.45) is 0 Å². The first-order chi connectivity index (χ1) is 11.8. The van der Waals surface area contributed by atoms with Crippen molar-refractivity contribution in [1.82, 2.24) is 0 Å². The number of sulfonamides is 1. The van der Waals surface area contributed by atoms with Gasteiger partial charge in [0.1, 0.15) is 0 Å². The summed E-state index contributed by atoms with van der Waals surface area (Å²) in [7, 11) is -3.71. The van der Waals surface area contributed by atoms with E-state index < -0.39 is 21.8 Å². The Labute approximate surface area is 158 Å². The molecule has 1 N–H and O–H groups in total. The van der Waals surface area contributed by atoms with Gasteiger partial charge in [-0.15, -0.1) is 0 Å². The fourth-order valence-electron chi connectivity index (χ4n) is 2.45. The summed E-state index contributed by atoms with van der Waals surface area (Å²) in [4.78, 5) is 24.4. The number of hydrogen-bond acceptors (Lipinski definition) is 4. The number of amides is 2. The zero-order chi connectivity index (χ0) is 18.2. The van der Waals surface area contributed by atoms with E-state index in [1.165, 1.54) is 18.2 Å². The van der Waals surface area contributed by atoms with Crippen LogP contribution >= 0.6 is 27.5 Å². The summed E-state index contributed by atoms with van der Waals surface area (Å²) in [5, 5.41) is 2.84. The van der Waals surface area contributed by atoms with Crippen LogP contribution in [-0.2, 0) is 14.8 Å². The highest BCUT2D eigenvalue weighted by Crippen LogP contribution is 2.29. The van der Waals surface area contributed by atoms with Gasteiger partial charge in [0.2, 0.25) is 15.9 Å². The molecule has 0 radical (unpaired) electrons. The lowest BCUT2D eigenvalue weighted by molar-refractivity contribution is -0.116. The van der Waals surface area contributed by atoms with E-state index in [0.29, 0.717) is 5.69 Å². The Balaban J connectivity index is 1.94. The molecule has 0 aliphatic carbocycles. The SMILES string of the molecule is O=C(Nc1cccc(Br)c1)c1cc(N2C(=O)CCS2(=O)=O)ccc1Cl. The first kappa shape index (κ1) is 17.9. The molecule has 9 heteroatoms. The van der Waals surface area contributed by atoms with Gasteiger partial charge >= 0.3 is 0 Å². The second-order valence-electron chi connectivity index (χ2n) is 5.35. The molecule has 130 valence electrons. The molecule has 1 aliphatic rings. The molecule has 1 heterocycles. The molecule has 25 heavy (non-hydrogen) atoms. The average molecular weight is 444 g/mol. The Morgan fingerprint density at radius 2 is 1.96 bits per heavy atom. The number of carbonyl (C=O) groups excluding carboxylic acids is 2. The van der Waals surface area contributed by atoms with Gasteiger partial charge in [-0.05, 0) is 36.4 Å². The molecular formula is C16H12BrClN2O4S. The van der Waals surface area contributed by atoms with Crippen LogP contribution in [0.1, 0.15) is 16.8 Å². The normalized spacial score (nSPS) is 16.1. The highest BCUT2D eigenvalue weighted by Gasteiger charge is 2.36. The Morgan fingerprint density at radius 1 is 1.20 bits per heavy atom. The molecule has 0 saturated carbocycles. The third-order valence-corrected chi connectivity index (χ3v) is 6.10. The average Bonchev–Trinajstić information content (AvgIpc) is 2.81. The monoisotopic (exact) mass is 442 g/mol. The van der Waals surface area contributed by atoms with E-state index in [9.17, 15) is 18.0 Å². The minimum absolute atomic E-state index is 0.0778. The number of carbonyl (C=O) groups is 2. The number of halogens is 2. The molecule has 1 aliphatic heterocycles. The molecule has 0 aromatic heterocycles. The predicted molar refractivity (Wildman–Crippen MR) is 99.4 cm³/mol. The number of rotatable bonds is 3. The lowest BCUT2D eigenvalue weighted by Crippen LogP contribution is -2.29. The molecule has 0 spiro atoms. The van der Waals surface area contributed by atoms with Crippen molar-refractivity contribution in [1.29, 1.82) is 0 Å². The van der Waals surface area contributed by atoms with Crippen LogP contribution in [0.25, 0.3) is 0 Å². The summed E-state index contributed by atoms with van der Waals surface area (Å²) in [5.41, 5.74) is 0.728. The van der Waals surface area contributed by atoms with Gasteiger partial charge in [0.15, 0.2) is 0 Å². The second-order valence-corrected chi connectivity index (χ2v) is 8.61. The molecule has 2 aromatic rings. The standard InChI is InChI=1S/C16H12BrClN2O4S/c17-10-2-1-3-11(8-10)19-16(22)13-9-12(4-5-14(13)18)20-15(21)6-7-25(20,23)24/h1-5,8-9H,6-7H2,(H,19,22). The van der Waals surface area contributed by atoms with E-state index >= 15 is 0 Å². The third kappa shape index (κ3) is 3.70. The highest BCUT2D eigenvalue weighted by atomic mass is 79.9.